The number of fused-ring (bicyclic) bond motifs is 1. The molecule has 4 heteroatoms. The number of amides is 1. The van der Waals surface area contributed by atoms with Crippen molar-refractivity contribution in [2.24, 2.45) is 5.73 Å². The lowest BCUT2D eigenvalue weighted by Gasteiger charge is -2.28. The number of hydrogen-bond acceptors (Lipinski definition) is 3. The highest BCUT2D eigenvalue weighted by molar-refractivity contribution is 6.06. The van der Waals surface area contributed by atoms with Crippen LogP contribution < -0.4 is 10.6 Å². The Morgan fingerprint density at radius 3 is 2.63 bits per heavy atom. The van der Waals surface area contributed by atoms with Crippen LogP contribution in [0.1, 0.15) is 29.6 Å². The number of carbonyl (C=O) groups excluding carboxylic acids is 1. The number of primary amides is 1. The molecular weight excluding hydrogens is 238 g/mol. The van der Waals surface area contributed by atoms with E-state index in [1.54, 1.807) is 0 Å². The largest absolute Gasteiger partial charge is 0.366 e. The molecule has 1 fully saturated rings. The molecule has 4 nitrogen and oxygen atoms in total. The van der Waals surface area contributed by atoms with Gasteiger partial charge in [0.2, 0.25) is 5.91 Å². The predicted octanol–water partition coefficient (Wildman–Crippen LogP) is 2.32. The standard InChI is InChI=1S/C15H17N3O/c16-15(19)12-10-14(18-8-4-1-5-9-18)17-13-7-3-2-6-11(12)13/h2-3,6-7,10H,1,4-5,8-9H2,(H2,16,19). The zero-order chi connectivity index (χ0) is 13.2. The molecule has 0 spiro atoms. The van der Waals surface area contributed by atoms with Crippen LogP contribution in [0.15, 0.2) is 30.3 Å². The summed E-state index contributed by atoms with van der Waals surface area (Å²) >= 11 is 0. The molecule has 0 bridgehead atoms. The zero-order valence-corrected chi connectivity index (χ0v) is 10.8. The van der Waals surface area contributed by atoms with Crippen molar-refractivity contribution in [2.45, 2.75) is 19.3 Å². The van der Waals surface area contributed by atoms with Crippen LogP contribution in [0.4, 0.5) is 5.82 Å². The van der Waals surface area contributed by atoms with E-state index in [2.05, 4.69) is 9.88 Å². The maximum Gasteiger partial charge on any atom is 0.249 e. The number of piperidine rings is 1. The third-order valence-electron chi connectivity index (χ3n) is 3.65. The first-order valence-electron chi connectivity index (χ1n) is 6.70. The smallest absolute Gasteiger partial charge is 0.249 e. The molecule has 1 aliphatic heterocycles. The first-order valence-corrected chi connectivity index (χ1v) is 6.70. The fourth-order valence-electron chi connectivity index (χ4n) is 2.65. The van der Waals surface area contributed by atoms with E-state index in [4.69, 9.17) is 5.73 Å². The Kier molecular flexibility index (Phi) is 3.07. The van der Waals surface area contributed by atoms with Crippen molar-refractivity contribution in [1.29, 1.82) is 0 Å². The van der Waals surface area contributed by atoms with Crippen LogP contribution in [-0.2, 0) is 0 Å². The third kappa shape index (κ3) is 2.26. The monoisotopic (exact) mass is 255 g/mol. The van der Waals surface area contributed by atoms with E-state index in [1.807, 2.05) is 30.3 Å². The van der Waals surface area contributed by atoms with E-state index >= 15 is 0 Å². The zero-order valence-electron chi connectivity index (χ0n) is 10.8. The third-order valence-corrected chi connectivity index (χ3v) is 3.65. The van der Waals surface area contributed by atoms with Crippen LogP contribution in [-0.4, -0.2) is 24.0 Å². The van der Waals surface area contributed by atoms with Crippen LogP contribution in [0.25, 0.3) is 10.9 Å². The Hall–Kier alpha value is -2.10. The summed E-state index contributed by atoms with van der Waals surface area (Å²) in [6.45, 7) is 2.01. The second-order valence-corrected chi connectivity index (χ2v) is 4.96. The molecule has 1 saturated heterocycles. The lowest BCUT2D eigenvalue weighted by molar-refractivity contribution is 0.100. The summed E-state index contributed by atoms with van der Waals surface area (Å²) in [5.74, 6) is 0.476. The molecule has 0 atom stereocenters. The molecule has 2 aromatic rings. The van der Waals surface area contributed by atoms with Crippen LogP contribution in [0.5, 0.6) is 0 Å². The average Bonchev–Trinajstić information content (AvgIpc) is 2.47. The van der Waals surface area contributed by atoms with Gasteiger partial charge in [-0.3, -0.25) is 4.79 Å². The molecule has 1 aliphatic rings. The number of benzene rings is 1. The van der Waals surface area contributed by atoms with Crippen molar-refractivity contribution in [3.8, 4) is 0 Å². The topological polar surface area (TPSA) is 59.2 Å². The summed E-state index contributed by atoms with van der Waals surface area (Å²) < 4.78 is 0. The molecule has 98 valence electrons. The van der Waals surface area contributed by atoms with Gasteiger partial charge in [0, 0.05) is 18.5 Å². The fourth-order valence-corrected chi connectivity index (χ4v) is 2.65. The summed E-state index contributed by atoms with van der Waals surface area (Å²) in [5.41, 5.74) is 6.89. The molecular formula is C15H17N3O. The Morgan fingerprint density at radius 1 is 1.16 bits per heavy atom. The average molecular weight is 255 g/mol. The first-order chi connectivity index (χ1) is 9.25. The number of para-hydroxylation sites is 1. The summed E-state index contributed by atoms with van der Waals surface area (Å²) in [7, 11) is 0. The number of aromatic nitrogens is 1. The van der Waals surface area contributed by atoms with Gasteiger partial charge < -0.3 is 10.6 Å². The molecule has 1 aromatic heterocycles. The SMILES string of the molecule is NC(=O)c1cc(N2CCCCC2)nc2ccccc12. The second kappa shape index (κ2) is 4.88. The first kappa shape index (κ1) is 12.0. The van der Waals surface area contributed by atoms with Gasteiger partial charge in [0.1, 0.15) is 5.82 Å². The molecule has 0 aliphatic carbocycles. The molecule has 0 saturated carbocycles. The summed E-state index contributed by atoms with van der Waals surface area (Å²) in [5, 5.41) is 0.829. The molecule has 3 rings (SSSR count). The van der Waals surface area contributed by atoms with Gasteiger partial charge in [-0.1, -0.05) is 18.2 Å². The predicted molar refractivity (Wildman–Crippen MR) is 76.3 cm³/mol. The molecule has 19 heavy (non-hydrogen) atoms. The van der Waals surface area contributed by atoms with E-state index in [9.17, 15) is 4.79 Å². The summed E-state index contributed by atoms with van der Waals surface area (Å²) in [6, 6.07) is 9.48. The molecule has 1 amide bonds. The Balaban J connectivity index is 2.12. The van der Waals surface area contributed by atoms with Gasteiger partial charge in [0.05, 0.1) is 11.1 Å². The van der Waals surface area contributed by atoms with Gasteiger partial charge in [-0.05, 0) is 31.4 Å². The van der Waals surface area contributed by atoms with Crippen molar-refractivity contribution < 1.29 is 4.79 Å². The van der Waals surface area contributed by atoms with Crippen molar-refractivity contribution in [3.63, 3.8) is 0 Å². The van der Waals surface area contributed by atoms with Crippen LogP contribution >= 0.6 is 0 Å². The molecule has 2 N–H and O–H groups in total. The van der Waals surface area contributed by atoms with Gasteiger partial charge in [0.15, 0.2) is 0 Å². The lowest BCUT2D eigenvalue weighted by Crippen LogP contribution is -2.30. The van der Waals surface area contributed by atoms with E-state index in [0.717, 1.165) is 29.8 Å². The second-order valence-electron chi connectivity index (χ2n) is 4.96. The van der Waals surface area contributed by atoms with Crippen molar-refractivity contribution in [3.05, 3.63) is 35.9 Å². The molecule has 1 aromatic carbocycles. The Morgan fingerprint density at radius 2 is 1.89 bits per heavy atom. The van der Waals surface area contributed by atoms with E-state index in [1.165, 1.54) is 19.3 Å². The summed E-state index contributed by atoms with van der Waals surface area (Å²) in [6.07, 6.45) is 3.63. The van der Waals surface area contributed by atoms with Gasteiger partial charge >= 0.3 is 0 Å². The highest BCUT2D eigenvalue weighted by Gasteiger charge is 2.16. The van der Waals surface area contributed by atoms with Crippen LogP contribution in [0.2, 0.25) is 0 Å². The number of nitrogens with zero attached hydrogens (tertiary/aromatic N) is 2. The van der Waals surface area contributed by atoms with Crippen molar-refractivity contribution in [1.82, 2.24) is 4.98 Å². The minimum Gasteiger partial charge on any atom is -0.366 e. The number of hydrogen-bond donors (Lipinski definition) is 1. The number of carbonyl (C=O) groups is 1. The van der Waals surface area contributed by atoms with E-state index in [0.29, 0.717) is 5.56 Å². The summed E-state index contributed by atoms with van der Waals surface area (Å²) in [4.78, 5) is 18.5. The highest BCUT2D eigenvalue weighted by Crippen LogP contribution is 2.24. The number of rotatable bonds is 2. The molecule has 2 heterocycles. The van der Waals surface area contributed by atoms with Crippen molar-refractivity contribution in [2.75, 3.05) is 18.0 Å². The molecule has 0 unspecified atom stereocenters. The Bertz CT molecular complexity index is 618. The maximum atomic E-state index is 11.6. The van der Waals surface area contributed by atoms with E-state index < -0.39 is 5.91 Å². The van der Waals surface area contributed by atoms with Gasteiger partial charge in [-0.25, -0.2) is 4.98 Å². The van der Waals surface area contributed by atoms with Gasteiger partial charge in [-0.2, -0.15) is 0 Å². The van der Waals surface area contributed by atoms with Gasteiger partial charge in [-0.15, -0.1) is 0 Å². The quantitative estimate of drug-likeness (QED) is 0.896. The van der Waals surface area contributed by atoms with Crippen LogP contribution in [0.3, 0.4) is 0 Å². The number of nitrogens with two attached hydrogens (primary N) is 1. The Labute approximate surface area is 112 Å². The normalized spacial score (nSPS) is 15.7. The number of pyridine rings is 1. The fraction of sp³-hybridized carbons (Fsp3) is 0.333. The lowest BCUT2D eigenvalue weighted by atomic mass is 10.1. The molecule has 0 radical (unpaired) electrons. The highest BCUT2D eigenvalue weighted by atomic mass is 16.1. The van der Waals surface area contributed by atoms with E-state index in [-0.39, 0.29) is 0 Å². The van der Waals surface area contributed by atoms with Gasteiger partial charge in [0.25, 0.3) is 0 Å². The maximum absolute atomic E-state index is 11.6. The van der Waals surface area contributed by atoms with Crippen LogP contribution in [0, 0.1) is 0 Å². The number of anilines is 1. The van der Waals surface area contributed by atoms with Crippen molar-refractivity contribution >= 4 is 22.6 Å². The minimum absolute atomic E-state index is 0.392. The minimum atomic E-state index is -0.392.